The number of hydrogen-bond acceptors (Lipinski definition) is 3. The Labute approximate surface area is 105 Å². The van der Waals surface area contributed by atoms with E-state index in [2.05, 4.69) is 10.3 Å². The van der Waals surface area contributed by atoms with Crippen molar-refractivity contribution in [2.24, 2.45) is 0 Å². The molecule has 0 atom stereocenters. The number of H-pyrrole nitrogens is 1. The fourth-order valence-electron chi connectivity index (χ4n) is 2.35. The lowest BCUT2D eigenvalue weighted by molar-refractivity contribution is 0.0904. The molecule has 4 nitrogen and oxygen atoms in total. The predicted molar refractivity (Wildman–Crippen MR) is 72.0 cm³/mol. The summed E-state index contributed by atoms with van der Waals surface area (Å²) in [6.45, 7) is 1.57. The van der Waals surface area contributed by atoms with Gasteiger partial charge < -0.3 is 15.0 Å². The Kier molecular flexibility index (Phi) is 3.02. The van der Waals surface area contributed by atoms with E-state index in [1.54, 1.807) is 0 Å². The fourth-order valence-corrected chi connectivity index (χ4v) is 2.35. The standard InChI is InChI=1S/C14H16N2O2/c17-14-12-4-2-1-3-10(12)9-13(16-14)15-11-5-7-18-8-6-11/h1-4,9,11H,5-8H2,(H2,15,16,17). The highest BCUT2D eigenvalue weighted by atomic mass is 16.5. The summed E-state index contributed by atoms with van der Waals surface area (Å²) >= 11 is 0. The number of aromatic amines is 1. The molecule has 94 valence electrons. The van der Waals surface area contributed by atoms with E-state index in [4.69, 9.17) is 4.74 Å². The van der Waals surface area contributed by atoms with Crippen LogP contribution in [0.4, 0.5) is 5.82 Å². The molecule has 2 heterocycles. The lowest BCUT2D eigenvalue weighted by Gasteiger charge is -2.23. The van der Waals surface area contributed by atoms with Gasteiger partial charge in [-0.3, -0.25) is 4.79 Å². The van der Waals surface area contributed by atoms with Gasteiger partial charge in [0.1, 0.15) is 5.82 Å². The molecule has 3 rings (SSSR count). The maximum atomic E-state index is 11.9. The van der Waals surface area contributed by atoms with Crippen molar-refractivity contribution in [2.75, 3.05) is 18.5 Å². The lowest BCUT2D eigenvalue weighted by Crippen LogP contribution is -2.29. The van der Waals surface area contributed by atoms with E-state index < -0.39 is 0 Å². The zero-order valence-electron chi connectivity index (χ0n) is 10.1. The van der Waals surface area contributed by atoms with Crippen LogP contribution in [0.2, 0.25) is 0 Å². The summed E-state index contributed by atoms with van der Waals surface area (Å²) in [5, 5.41) is 5.08. The first kappa shape index (κ1) is 11.3. The van der Waals surface area contributed by atoms with Crippen molar-refractivity contribution >= 4 is 16.6 Å². The predicted octanol–water partition coefficient (Wildman–Crippen LogP) is 2.12. The molecule has 1 fully saturated rings. The maximum Gasteiger partial charge on any atom is 0.257 e. The van der Waals surface area contributed by atoms with Crippen molar-refractivity contribution in [3.63, 3.8) is 0 Å². The summed E-state index contributed by atoms with van der Waals surface area (Å²) in [7, 11) is 0. The number of hydrogen-bond donors (Lipinski definition) is 2. The molecular formula is C14H16N2O2. The fraction of sp³-hybridized carbons (Fsp3) is 0.357. The SMILES string of the molecule is O=c1[nH]c(NC2CCOCC2)cc2ccccc12. The van der Waals surface area contributed by atoms with Crippen LogP contribution in [0.3, 0.4) is 0 Å². The molecule has 18 heavy (non-hydrogen) atoms. The number of fused-ring (bicyclic) bond motifs is 1. The van der Waals surface area contributed by atoms with E-state index in [1.165, 1.54) is 0 Å². The van der Waals surface area contributed by atoms with Crippen LogP contribution in [0.15, 0.2) is 35.1 Å². The normalized spacial score (nSPS) is 16.9. The van der Waals surface area contributed by atoms with Crippen LogP contribution in [-0.4, -0.2) is 24.2 Å². The third-order valence-corrected chi connectivity index (χ3v) is 3.33. The van der Waals surface area contributed by atoms with Crippen molar-refractivity contribution in [1.29, 1.82) is 0 Å². The first-order valence-electron chi connectivity index (χ1n) is 6.29. The van der Waals surface area contributed by atoms with E-state index in [0.29, 0.717) is 6.04 Å². The van der Waals surface area contributed by atoms with Gasteiger partial charge in [0.05, 0.1) is 0 Å². The number of aromatic nitrogens is 1. The van der Waals surface area contributed by atoms with E-state index in [9.17, 15) is 4.79 Å². The van der Waals surface area contributed by atoms with E-state index >= 15 is 0 Å². The monoisotopic (exact) mass is 244 g/mol. The smallest absolute Gasteiger partial charge is 0.257 e. The molecule has 0 saturated carbocycles. The number of nitrogens with one attached hydrogen (secondary N) is 2. The molecule has 0 bridgehead atoms. The maximum absolute atomic E-state index is 11.9. The minimum absolute atomic E-state index is 0.0392. The summed E-state index contributed by atoms with van der Waals surface area (Å²) < 4.78 is 5.32. The first-order chi connectivity index (χ1) is 8.83. The van der Waals surface area contributed by atoms with Gasteiger partial charge in [-0.1, -0.05) is 18.2 Å². The summed E-state index contributed by atoms with van der Waals surface area (Å²) in [4.78, 5) is 14.8. The van der Waals surface area contributed by atoms with E-state index in [1.807, 2.05) is 30.3 Å². The number of pyridine rings is 1. The molecule has 1 aromatic carbocycles. The van der Waals surface area contributed by atoms with Crippen LogP contribution in [0.25, 0.3) is 10.8 Å². The number of benzene rings is 1. The Morgan fingerprint density at radius 1 is 1.22 bits per heavy atom. The van der Waals surface area contributed by atoms with Gasteiger partial charge in [0.2, 0.25) is 0 Å². The summed E-state index contributed by atoms with van der Waals surface area (Å²) in [5.41, 5.74) is -0.0392. The molecule has 4 heteroatoms. The van der Waals surface area contributed by atoms with Crippen molar-refractivity contribution in [3.8, 4) is 0 Å². The molecule has 0 radical (unpaired) electrons. The van der Waals surface area contributed by atoms with E-state index in [0.717, 1.165) is 42.6 Å². The average Bonchev–Trinajstić information content (AvgIpc) is 2.40. The number of anilines is 1. The highest BCUT2D eigenvalue weighted by molar-refractivity contribution is 5.83. The van der Waals surface area contributed by atoms with Crippen LogP contribution in [0, 0.1) is 0 Å². The molecule has 1 saturated heterocycles. The summed E-state index contributed by atoms with van der Waals surface area (Å²) in [5.74, 6) is 0.797. The van der Waals surface area contributed by atoms with Crippen LogP contribution < -0.4 is 10.9 Å². The Morgan fingerprint density at radius 3 is 2.83 bits per heavy atom. The Bertz CT molecular complexity index is 600. The molecular weight excluding hydrogens is 228 g/mol. The van der Waals surface area contributed by atoms with Gasteiger partial charge in [0, 0.05) is 24.6 Å². The minimum atomic E-state index is -0.0392. The molecule has 1 aliphatic heterocycles. The van der Waals surface area contributed by atoms with Gasteiger partial charge in [-0.2, -0.15) is 0 Å². The van der Waals surface area contributed by atoms with Crippen molar-refractivity contribution in [2.45, 2.75) is 18.9 Å². The highest BCUT2D eigenvalue weighted by Gasteiger charge is 2.13. The summed E-state index contributed by atoms with van der Waals surface area (Å²) in [6, 6.07) is 10.00. The zero-order valence-corrected chi connectivity index (χ0v) is 10.1. The topological polar surface area (TPSA) is 54.1 Å². The van der Waals surface area contributed by atoms with Crippen LogP contribution in [0.5, 0.6) is 0 Å². The summed E-state index contributed by atoms with van der Waals surface area (Å²) in [6.07, 6.45) is 1.96. The van der Waals surface area contributed by atoms with Crippen LogP contribution >= 0.6 is 0 Å². The van der Waals surface area contributed by atoms with Gasteiger partial charge in [0.25, 0.3) is 5.56 Å². The van der Waals surface area contributed by atoms with Gasteiger partial charge in [-0.25, -0.2) is 0 Å². The number of rotatable bonds is 2. The Morgan fingerprint density at radius 2 is 2.00 bits per heavy atom. The largest absolute Gasteiger partial charge is 0.381 e. The third-order valence-electron chi connectivity index (χ3n) is 3.33. The van der Waals surface area contributed by atoms with Crippen LogP contribution in [-0.2, 0) is 4.74 Å². The second-order valence-electron chi connectivity index (χ2n) is 4.63. The van der Waals surface area contributed by atoms with Crippen molar-refractivity contribution < 1.29 is 4.74 Å². The molecule has 1 aliphatic rings. The van der Waals surface area contributed by atoms with Crippen molar-refractivity contribution in [1.82, 2.24) is 4.98 Å². The number of ether oxygens (including phenoxy) is 1. The molecule has 0 aliphatic carbocycles. The second kappa shape index (κ2) is 4.82. The molecule has 0 spiro atoms. The molecule has 2 aromatic rings. The first-order valence-corrected chi connectivity index (χ1v) is 6.29. The Hall–Kier alpha value is -1.81. The van der Waals surface area contributed by atoms with Crippen molar-refractivity contribution in [3.05, 3.63) is 40.7 Å². The second-order valence-corrected chi connectivity index (χ2v) is 4.63. The molecule has 2 N–H and O–H groups in total. The lowest BCUT2D eigenvalue weighted by atomic mass is 10.1. The Balaban J connectivity index is 1.90. The third kappa shape index (κ3) is 2.24. The van der Waals surface area contributed by atoms with Gasteiger partial charge in [-0.05, 0) is 30.4 Å². The highest BCUT2D eigenvalue weighted by Crippen LogP contribution is 2.16. The molecule has 1 aromatic heterocycles. The van der Waals surface area contributed by atoms with Gasteiger partial charge in [-0.15, -0.1) is 0 Å². The minimum Gasteiger partial charge on any atom is -0.381 e. The zero-order chi connectivity index (χ0) is 12.4. The quantitative estimate of drug-likeness (QED) is 0.850. The van der Waals surface area contributed by atoms with Gasteiger partial charge in [0.15, 0.2) is 0 Å². The van der Waals surface area contributed by atoms with E-state index in [-0.39, 0.29) is 5.56 Å². The van der Waals surface area contributed by atoms with Crippen LogP contribution in [0.1, 0.15) is 12.8 Å². The van der Waals surface area contributed by atoms with Gasteiger partial charge >= 0.3 is 0 Å². The average molecular weight is 244 g/mol. The molecule has 0 amide bonds. The molecule has 0 unspecified atom stereocenters.